The Balaban J connectivity index is 1.59. The lowest BCUT2D eigenvalue weighted by Gasteiger charge is -2.24. The molecular weight excluding hydrogens is 300 g/mol. The average Bonchev–Trinajstić information content (AvgIpc) is 3.15. The molecule has 0 saturated carbocycles. The molecule has 126 valence electrons. The minimum absolute atomic E-state index is 0.197. The maximum absolute atomic E-state index is 12.4. The topological polar surface area (TPSA) is 71.2 Å². The van der Waals surface area contributed by atoms with Crippen molar-refractivity contribution in [2.24, 2.45) is 5.73 Å². The highest BCUT2D eigenvalue weighted by molar-refractivity contribution is 5.86. The van der Waals surface area contributed by atoms with Crippen LogP contribution in [-0.4, -0.2) is 24.0 Å². The van der Waals surface area contributed by atoms with Crippen molar-refractivity contribution in [2.75, 3.05) is 18.0 Å². The number of hydrogen-bond acceptors (Lipinski definition) is 4. The molecule has 1 unspecified atom stereocenters. The van der Waals surface area contributed by atoms with Crippen molar-refractivity contribution in [1.29, 1.82) is 0 Å². The van der Waals surface area contributed by atoms with Gasteiger partial charge in [-0.15, -0.1) is 0 Å². The van der Waals surface area contributed by atoms with Crippen molar-refractivity contribution in [1.82, 2.24) is 10.3 Å². The van der Waals surface area contributed by atoms with Crippen LogP contribution in [0.2, 0.25) is 0 Å². The van der Waals surface area contributed by atoms with Gasteiger partial charge < -0.3 is 16.0 Å². The maximum atomic E-state index is 12.4. The van der Waals surface area contributed by atoms with E-state index >= 15 is 0 Å². The quantitative estimate of drug-likeness (QED) is 0.884. The Kier molecular flexibility index (Phi) is 4.81. The molecule has 5 heteroatoms. The number of nitrogens with zero attached hydrogens (tertiary/aromatic N) is 2. The van der Waals surface area contributed by atoms with Crippen LogP contribution in [0.25, 0.3) is 0 Å². The molecule has 0 spiro atoms. The highest BCUT2D eigenvalue weighted by Gasteiger charge is 2.29. The minimum Gasteiger partial charge on any atom is -0.357 e. The van der Waals surface area contributed by atoms with E-state index in [4.69, 9.17) is 5.73 Å². The molecule has 1 aromatic carbocycles. The fraction of sp³-hybridized carbons (Fsp3) is 0.368. The van der Waals surface area contributed by atoms with Crippen molar-refractivity contribution in [3.63, 3.8) is 0 Å². The monoisotopic (exact) mass is 324 g/mol. The van der Waals surface area contributed by atoms with Crippen LogP contribution in [0, 0.1) is 0 Å². The van der Waals surface area contributed by atoms with Crippen molar-refractivity contribution in [3.05, 3.63) is 59.8 Å². The molecular formula is C19H24N4O. The Morgan fingerprint density at radius 2 is 1.92 bits per heavy atom. The number of pyridine rings is 1. The van der Waals surface area contributed by atoms with Gasteiger partial charge in [-0.2, -0.15) is 0 Å². The molecule has 0 aliphatic carbocycles. The first-order valence-corrected chi connectivity index (χ1v) is 8.40. The molecule has 3 N–H and O–H groups in total. The van der Waals surface area contributed by atoms with Gasteiger partial charge in [-0.25, -0.2) is 4.98 Å². The van der Waals surface area contributed by atoms with E-state index in [0.29, 0.717) is 6.54 Å². The second kappa shape index (κ2) is 7.01. The van der Waals surface area contributed by atoms with Gasteiger partial charge in [0.2, 0.25) is 5.91 Å². The average molecular weight is 324 g/mol. The van der Waals surface area contributed by atoms with Gasteiger partial charge in [0.25, 0.3) is 0 Å². The van der Waals surface area contributed by atoms with Crippen LogP contribution in [0.4, 0.5) is 5.82 Å². The smallest absolute Gasteiger partial charge is 0.244 e. The molecule has 1 saturated heterocycles. The Morgan fingerprint density at radius 3 is 2.54 bits per heavy atom. The van der Waals surface area contributed by atoms with Gasteiger partial charge in [-0.1, -0.05) is 36.4 Å². The summed E-state index contributed by atoms with van der Waals surface area (Å²) < 4.78 is 0. The van der Waals surface area contributed by atoms with Crippen molar-refractivity contribution < 1.29 is 4.79 Å². The van der Waals surface area contributed by atoms with E-state index < -0.39 is 5.54 Å². The Hall–Kier alpha value is -2.40. The number of amides is 1. The van der Waals surface area contributed by atoms with Crippen LogP contribution in [-0.2, 0) is 16.9 Å². The van der Waals surface area contributed by atoms with E-state index in [-0.39, 0.29) is 5.91 Å². The summed E-state index contributed by atoms with van der Waals surface area (Å²) >= 11 is 0. The first-order valence-electron chi connectivity index (χ1n) is 8.40. The largest absolute Gasteiger partial charge is 0.357 e. The molecule has 1 fully saturated rings. The lowest BCUT2D eigenvalue weighted by molar-refractivity contribution is -0.126. The molecule has 0 radical (unpaired) electrons. The van der Waals surface area contributed by atoms with E-state index in [9.17, 15) is 4.79 Å². The zero-order valence-corrected chi connectivity index (χ0v) is 14.0. The van der Waals surface area contributed by atoms with Gasteiger partial charge in [-0.05, 0) is 37.0 Å². The van der Waals surface area contributed by atoms with E-state index in [1.165, 1.54) is 12.8 Å². The van der Waals surface area contributed by atoms with E-state index in [2.05, 4.69) is 15.2 Å². The molecule has 24 heavy (non-hydrogen) atoms. The van der Waals surface area contributed by atoms with Gasteiger partial charge in [0, 0.05) is 25.8 Å². The van der Waals surface area contributed by atoms with Crippen LogP contribution >= 0.6 is 0 Å². The molecule has 5 nitrogen and oxygen atoms in total. The Labute approximate surface area is 142 Å². The maximum Gasteiger partial charge on any atom is 0.244 e. The minimum atomic E-state index is -1.05. The fourth-order valence-corrected chi connectivity index (χ4v) is 2.94. The molecule has 1 atom stereocenters. The number of carbonyl (C=O) groups excluding carboxylic acids is 1. The summed E-state index contributed by atoms with van der Waals surface area (Å²) in [6, 6.07) is 13.4. The predicted molar refractivity (Wildman–Crippen MR) is 95.5 cm³/mol. The first kappa shape index (κ1) is 16.5. The standard InChI is InChI=1S/C19H24N4O/c1-19(20,16-7-3-2-4-8-16)18(24)22-14-15-9-10-17(21-13-15)23-11-5-6-12-23/h2-4,7-10,13H,5-6,11-12,14,20H2,1H3,(H,22,24). The van der Waals surface area contributed by atoms with Crippen molar-refractivity contribution >= 4 is 11.7 Å². The molecule has 3 rings (SSSR count). The predicted octanol–water partition coefficient (Wildman–Crippen LogP) is 2.17. The summed E-state index contributed by atoms with van der Waals surface area (Å²) in [5.41, 5.74) is 6.93. The van der Waals surface area contributed by atoms with E-state index in [0.717, 1.165) is 30.0 Å². The number of aromatic nitrogens is 1. The van der Waals surface area contributed by atoms with Gasteiger partial charge in [0.15, 0.2) is 0 Å². The van der Waals surface area contributed by atoms with E-state index in [1.54, 1.807) is 6.92 Å². The molecule has 1 aliphatic heterocycles. The van der Waals surface area contributed by atoms with Crippen molar-refractivity contribution in [2.45, 2.75) is 31.8 Å². The van der Waals surface area contributed by atoms with Gasteiger partial charge in [0.05, 0.1) is 0 Å². The van der Waals surface area contributed by atoms with Crippen molar-refractivity contribution in [3.8, 4) is 0 Å². The van der Waals surface area contributed by atoms with Gasteiger partial charge in [-0.3, -0.25) is 4.79 Å². The molecule has 1 amide bonds. The third-order valence-corrected chi connectivity index (χ3v) is 4.54. The summed E-state index contributed by atoms with van der Waals surface area (Å²) in [5, 5.41) is 2.91. The number of nitrogens with one attached hydrogen (secondary N) is 1. The molecule has 2 heterocycles. The third kappa shape index (κ3) is 3.57. The normalized spacial score (nSPS) is 16.7. The lowest BCUT2D eigenvalue weighted by Crippen LogP contribution is -2.48. The van der Waals surface area contributed by atoms with Crippen LogP contribution in [0.1, 0.15) is 30.9 Å². The number of benzene rings is 1. The number of carbonyl (C=O) groups is 1. The van der Waals surface area contributed by atoms with Gasteiger partial charge in [0.1, 0.15) is 11.4 Å². The second-order valence-corrected chi connectivity index (χ2v) is 6.47. The summed E-state index contributed by atoms with van der Waals surface area (Å²) in [6.45, 7) is 4.30. The Morgan fingerprint density at radius 1 is 1.21 bits per heavy atom. The van der Waals surface area contributed by atoms with Crippen LogP contribution in [0.3, 0.4) is 0 Å². The van der Waals surface area contributed by atoms with Crippen LogP contribution < -0.4 is 16.0 Å². The zero-order valence-electron chi connectivity index (χ0n) is 14.0. The molecule has 1 aromatic heterocycles. The number of hydrogen-bond donors (Lipinski definition) is 2. The fourth-order valence-electron chi connectivity index (χ4n) is 2.94. The lowest BCUT2D eigenvalue weighted by atomic mass is 9.92. The third-order valence-electron chi connectivity index (χ3n) is 4.54. The summed E-state index contributed by atoms with van der Waals surface area (Å²) in [4.78, 5) is 19.2. The Bertz CT molecular complexity index is 676. The number of nitrogens with two attached hydrogens (primary N) is 1. The highest BCUT2D eigenvalue weighted by Crippen LogP contribution is 2.19. The highest BCUT2D eigenvalue weighted by atomic mass is 16.2. The number of rotatable bonds is 5. The number of anilines is 1. The summed E-state index contributed by atoms with van der Waals surface area (Å²) in [7, 11) is 0. The summed E-state index contributed by atoms with van der Waals surface area (Å²) in [5.74, 6) is 0.813. The first-order chi connectivity index (χ1) is 11.6. The van der Waals surface area contributed by atoms with E-state index in [1.807, 2.05) is 48.7 Å². The summed E-state index contributed by atoms with van der Waals surface area (Å²) in [6.07, 6.45) is 4.28. The molecule has 2 aromatic rings. The molecule has 1 aliphatic rings. The van der Waals surface area contributed by atoms with Crippen LogP contribution in [0.15, 0.2) is 48.7 Å². The SMILES string of the molecule is CC(N)(C(=O)NCc1ccc(N2CCCC2)nc1)c1ccccc1. The van der Waals surface area contributed by atoms with Crippen LogP contribution in [0.5, 0.6) is 0 Å². The molecule has 0 bridgehead atoms. The second-order valence-electron chi connectivity index (χ2n) is 6.47. The zero-order chi connectivity index (χ0) is 17.0. The van der Waals surface area contributed by atoms with Gasteiger partial charge >= 0.3 is 0 Å².